The molecule has 0 amide bonds. The average molecular weight is 375 g/mol. The van der Waals surface area contributed by atoms with E-state index in [9.17, 15) is 5.11 Å². The maximum atomic E-state index is 9.92. The van der Waals surface area contributed by atoms with E-state index < -0.39 is 7.92 Å². The van der Waals surface area contributed by atoms with Gasteiger partial charge in [-0.05, 0) is 43.9 Å². The van der Waals surface area contributed by atoms with Gasteiger partial charge in [0.1, 0.15) is 0 Å². The lowest BCUT2D eigenvalue weighted by molar-refractivity contribution is 0.266. The van der Waals surface area contributed by atoms with E-state index in [0.717, 1.165) is 19.4 Å². The molecule has 1 saturated heterocycles. The lowest BCUT2D eigenvalue weighted by Gasteiger charge is -2.32. The SMILES string of the molecule is Cc1cccc(P(c2ccccc2)c2ccccc2)c1N1CCC[C@@H]1CO. The summed E-state index contributed by atoms with van der Waals surface area (Å²) in [6.45, 7) is 3.45. The van der Waals surface area contributed by atoms with Crippen LogP contribution in [0.15, 0.2) is 78.9 Å². The van der Waals surface area contributed by atoms with E-state index in [-0.39, 0.29) is 12.6 Å². The van der Waals surface area contributed by atoms with Crippen molar-refractivity contribution in [3.63, 3.8) is 0 Å². The van der Waals surface area contributed by atoms with Crippen LogP contribution < -0.4 is 20.8 Å². The molecule has 3 aromatic carbocycles. The molecule has 138 valence electrons. The van der Waals surface area contributed by atoms with Gasteiger partial charge in [-0.25, -0.2) is 0 Å². The summed E-state index contributed by atoms with van der Waals surface area (Å²) in [5.41, 5.74) is 2.63. The Bertz CT molecular complexity index is 842. The zero-order valence-corrected chi connectivity index (χ0v) is 16.6. The van der Waals surface area contributed by atoms with Crippen LogP contribution in [0, 0.1) is 6.92 Å². The molecule has 0 radical (unpaired) electrons. The second kappa shape index (κ2) is 8.25. The van der Waals surface area contributed by atoms with Crippen LogP contribution in [0.3, 0.4) is 0 Å². The van der Waals surface area contributed by atoms with Crippen molar-refractivity contribution in [1.29, 1.82) is 0 Å². The van der Waals surface area contributed by atoms with Gasteiger partial charge in [-0.3, -0.25) is 0 Å². The Morgan fingerprint density at radius 2 is 1.52 bits per heavy atom. The minimum atomic E-state index is -0.646. The summed E-state index contributed by atoms with van der Waals surface area (Å²) >= 11 is 0. The van der Waals surface area contributed by atoms with Crippen LogP contribution in [0.1, 0.15) is 18.4 Å². The van der Waals surface area contributed by atoms with Crippen LogP contribution in [0.5, 0.6) is 0 Å². The van der Waals surface area contributed by atoms with Crippen LogP contribution in [0.25, 0.3) is 0 Å². The molecule has 1 N–H and O–H groups in total. The molecular weight excluding hydrogens is 349 g/mol. The normalized spacial score (nSPS) is 16.9. The van der Waals surface area contributed by atoms with Crippen molar-refractivity contribution in [3.05, 3.63) is 84.4 Å². The van der Waals surface area contributed by atoms with Gasteiger partial charge in [0.2, 0.25) is 0 Å². The molecule has 0 spiro atoms. The molecular formula is C24H26NOP. The van der Waals surface area contributed by atoms with Crippen molar-refractivity contribution in [2.24, 2.45) is 0 Å². The van der Waals surface area contributed by atoms with Gasteiger partial charge in [0, 0.05) is 17.5 Å². The highest BCUT2D eigenvalue weighted by molar-refractivity contribution is 7.80. The fourth-order valence-corrected chi connectivity index (χ4v) is 6.65. The summed E-state index contributed by atoms with van der Waals surface area (Å²) in [6, 6.07) is 28.6. The average Bonchev–Trinajstić information content (AvgIpc) is 3.18. The molecule has 0 unspecified atom stereocenters. The van der Waals surface area contributed by atoms with Gasteiger partial charge in [-0.2, -0.15) is 0 Å². The maximum absolute atomic E-state index is 9.92. The van der Waals surface area contributed by atoms with Crippen LogP contribution in [0.4, 0.5) is 5.69 Å². The highest BCUT2D eigenvalue weighted by atomic mass is 31.1. The highest BCUT2D eigenvalue weighted by Gasteiger charge is 2.29. The first-order chi connectivity index (χ1) is 13.3. The maximum Gasteiger partial charge on any atom is 0.0635 e. The Morgan fingerprint density at radius 1 is 0.889 bits per heavy atom. The summed E-state index contributed by atoms with van der Waals surface area (Å²) in [7, 11) is -0.646. The summed E-state index contributed by atoms with van der Waals surface area (Å²) in [6.07, 6.45) is 2.21. The number of aryl methyl sites for hydroxylation is 1. The Morgan fingerprint density at radius 3 is 2.11 bits per heavy atom. The highest BCUT2D eigenvalue weighted by Crippen LogP contribution is 2.39. The number of aliphatic hydroxyl groups is 1. The Balaban J connectivity index is 1.90. The molecule has 1 fully saturated rings. The van der Waals surface area contributed by atoms with Crippen LogP contribution in [0.2, 0.25) is 0 Å². The summed E-state index contributed by atoms with van der Waals surface area (Å²) in [5.74, 6) is 0. The molecule has 1 aliphatic heterocycles. The molecule has 3 aromatic rings. The summed E-state index contributed by atoms with van der Waals surface area (Å²) in [4.78, 5) is 2.45. The lowest BCUT2D eigenvalue weighted by Crippen LogP contribution is -2.37. The first-order valence-electron chi connectivity index (χ1n) is 9.67. The van der Waals surface area contributed by atoms with E-state index in [1.54, 1.807) is 0 Å². The molecule has 4 rings (SSSR count). The molecule has 0 saturated carbocycles. The fraction of sp³-hybridized carbons (Fsp3) is 0.250. The molecule has 1 aliphatic rings. The van der Waals surface area contributed by atoms with E-state index in [1.165, 1.54) is 27.2 Å². The largest absolute Gasteiger partial charge is 0.394 e. The van der Waals surface area contributed by atoms with Gasteiger partial charge in [0.15, 0.2) is 0 Å². The minimum absolute atomic E-state index is 0.225. The number of hydrogen-bond acceptors (Lipinski definition) is 2. The molecule has 2 nitrogen and oxygen atoms in total. The van der Waals surface area contributed by atoms with Crippen molar-refractivity contribution < 1.29 is 5.11 Å². The predicted octanol–water partition coefficient (Wildman–Crippen LogP) is 3.71. The van der Waals surface area contributed by atoms with Gasteiger partial charge in [0.25, 0.3) is 0 Å². The zero-order valence-electron chi connectivity index (χ0n) is 15.8. The number of anilines is 1. The van der Waals surface area contributed by atoms with Crippen molar-refractivity contribution in [2.45, 2.75) is 25.8 Å². The third-order valence-corrected chi connectivity index (χ3v) is 7.83. The van der Waals surface area contributed by atoms with Gasteiger partial charge < -0.3 is 10.0 Å². The second-order valence-corrected chi connectivity index (χ2v) is 9.31. The second-order valence-electron chi connectivity index (χ2n) is 7.12. The molecule has 0 bridgehead atoms. The molecule has 27 heavy (non-hydrogen) atoms. The van der Waals surface area contributed by atoms with E-state index in [2.05, 4.69) is 90.7 Å². The van der Waals surface area contributed by atoms with E-state index in [4.69, 9.17) is 0 Å². The smallest absolute Gasteiger partial charge is 0.0635 e. The van der Waals surface area contributed by atoms with Crippen LogP contribution >= 0.6 is 7.92 Å². The number of benzene rings is 3. The first kappa shape index (κ1) is 18.2. The number of para-hydroxylation sites is 1. The zero-order chi connectivity index (χ0) is 18.6. The number of rotatable bonds is 5. The molecule has 3 heteroatoms. The predicted molar refractivity (Wildman–Crippen MR) is 117 cm³/mol. The third-order valence-electron chi connectivity index (χ3n) is 5.36. The summed E-state index contributed by atoms with van der Waals surface area (Å²) in [5, 5.41) is 14.0. The van der Waals surface area contributed by atoms with Gasteiger partial charge >= 0.3 is 0 Å². The third kappa shape index (κ3) is 3.65. The van der Waals surface area contributed by atoms with Crippen molar-refractivity contribution in [3.8, 4) is 0 Å². The van der Waals surface area contributed by atoms with Crippen molar-refractivity contribution >= 4 is 29.5 Å². The molecule has 1 heterocycles. The van der Waals surface area contributed by atoms with E-state index in [0.29, 0.717) is 0 Å². The Hall–Kier alpha value is -2.15. The standard InChI is InChI=1S/C24H26NOP/c1-19-10-8-16-23(24(19)25-17-9-11-20(25)18-26)27(21-12-4-2-5-13-21)22-14-6-3-7-15-22/h2-8,10,12-16,20,26H,9,11,17-18H2,1H3/t20-/m1/s1. The monoisotopic (exact) mass is 375 g/mol. The van der Waals surface area contributed by atoms with Gasteiger partial charge in [-0.1, -0.05) is 78.9 Å². The van der Waals surface area contributed by atoms with Gasteiger partial charge in [-0.15, -0.1) is 0 Å². The summed E-state index contributed by atoms with van der Waals surface area (Å²) < 4.78 is 0. The molecule has 0 aromatic heterocycles. The molecule has 0 aliphatic carbocycles. The van der Waals surface area contributed by atoms with Crippen LogP contribution in [-0.4, -0.2) is 24.3 Å². The Labute approximate surface area is 163 Å². The fourth-order valence-electron chi connectivity index (χ4n) is 4.10. The quantitative estimate of drug-likeness (QED) is 0.687. The topological polar surface area (TPSA) is 23.5 Å². The number of hydrogen-bond donors (Lipinski definition) is 1. The van der Waals surface area contributed by atoms with E-state index in [1.807, 2.05) is 0 Å². The number of aliphatic hydroxyl groups excluding tert-OH is 1. The molecule has 1 atom stereocenters. The minimum Gasteiger partial charge on any atom is -0.394 e. The lowest BCUT2D eigenvalue weighted by atomic mass is 10.1. The van der Waals surface area contributed by atoms with E-state index >= 15 is 0 Å². The van der Waals surface area contributed by atoms with Crippen LogP contribution in [-0.2, 0) is 0 Å². The van der Waals surface area contributed by atoms with Crippen molar-refractivity contribution in [2.75, 3.05) is 18.1 Å². The number of nitrogens with zero attached hydrogens (tertiary/aromatic N) is 1. The van der Waals surface area contributed by atoms with Crippen molar-refractivity contribution in [1.82, 2.24) is 0 Å². The Kier molecular flexibility index (Phi) is 5.57. The van der Waals surface area contributed by atoms with Gasteiger partial charge in [0.05, 0.1) is 12.6 Å². The first-order valence-corrected chi connectivity index (χ1v) is 11.0.